The molecule has 0 spiro atoms. The summed E-state index contributed by atoms with van der Waals surface area (Å²) in [5, 5.41) is 9.31. The van der Waals surface area contributed by atoms with Gasteiger partial charge in [0.05, 0.1) is 32.6 Å². The summed E-state index contributed by atoms with van der Waals surface area (Å²) in [6.07, 6.45) is 20.4. The largest absolute Gasteiger partial charge is 0.744 e. The Morgan fingerprint density at radius 1 is 0.551 bits per heavy atom. The van der Waals surface area contributed by atoms with E-state index in [-0.39, 0.29) is 32.3 Å². The van der Waals surface area contributed by atoms with E-state index in [1.807, 2.05) is 0 Å². The highest BCUT2D eigenvalue weighted by Crippen LogP contribution is 2.44. The number of rotatable bonds is 18. The fourth-order valence-corrected chi connectivity index (χ4v) is 8.49. The summed E-state index contributed by atoms with van der Waals surface area (Å²) < 4.78 is 102. The van der Waals surface area contributed by atoms with Crippen molar-refractivity contribution in [1.82, 2.24) is 0 Å². The molecule has 49 heavy (non-hydrogen) atoms. The van der Waals surface area contributed by atoms with E-state index in [0.717, 1.165) is 22.7 Å². The summed E-state index contributed by atoms with van der Waals surface area (Å²) in [7, 11) is -8.15. The molecule has 274 valence electrons. The molecule has 3 N–H and O–H groups in total. The van der Waals surface area contributed by atoms with Gasteiger partial charge in [-0.2, -0.15) is 16.8 Å². The van der Waals surface area contributed by atoms with Crippen LogP contribution >= 0.6 is 0 Å². The highest BCUT2D eigenvalue weighted by atomic mass is 32.2. The van der Waals surface area contributed by atoms with E-state index >= 15 is 0 Å². The Morgan fingerprint density at radius 3 is 1.27 bits per heavy atom. The normalized spacial score (nSPS) is 13.0. The first-order valence-corrected chi connectivity index (χ1v) is 21.2. The van der Waals surface area contributed by atoms with E-state index in [1.165, 1.54) is 109 Å². The highest BCUT2D eigenvalue weighted by Gasteiger charge is 2.27. The predicted octanol–water partition coefficient (Wildman–Crippen LogP) is 7.86. The average molecular weight is 742 g/mol. The zero-order chi connectivity index (χ0) is 36.6. The molecule has 0 aliphatic heterocycles. The summed E-state index contributed by atoms with van der Waals surface area (Å²) in [6, 6.07) is 5.90. The van der Waals surface area contributed by atoms with Crippen molar-refractivity contribution < 1.29 is 48.5 Å². The number of benzene rings is 4. The summed E-state index contributed by atoms with van der Waals surface area (Å²) in [6.45, 7) is 3.63. The molecule has 4 rings (SSSR count). The number of phenolic OH excluding ortho intramolecular Hbond substituents is 1. The molecule has 0 radical (unpaired) electrons. The standard InChI is InChI=1S/C19H42N.C16H10O10S3/c1-5-6-7-8-9-10-11-12-13-14-15-16-17-18-19-20(2,3)4;17-11-5-12(27(18,19)20)8-3-4-10-14(29(24,25)26)6-13(28(21,22)23)9-2-1-7(11)15(8)16(9)10/h5-19H2,1-4H3;1-6,17H,(H,18,19,20)(H,21,22,23)(H,24,25,26)/q+1;/p-1. The van der Waals surface area contributed by atoms with Gasteiger partial charge >= 0.3 is 0 Å². The van der Waals surface area contributed by atoms with Crippen molar-refractivity contribution >= 4 is 62.7 Å². The van der Waals surface area contributed by atoms with Crippen LogP contribution in [-0.4, -0.2) is 76.2 Å². The maximum atomic E-state index is 11.8. The SMILES string of the molecule is CCCCCCCCCCCCCCCC[N+](C)(C)C.O=S(=O)([O-])c1cc(O)c2ccc3c(S(=O)(=O)O)cc(S(=O)(=O)O)c4ccc1c2c34. The maximum absolute atomic E-state index is 11.8. The van der Waals surface area contributed by atoms with Crippen molar-refractivity contribution in [3.05, 3.63) is 36.4 Å². The van der Waals surface area contributed by atoms with Crippen LogP contribution in [0, 0.1) is 0 Å². The van der Waals surface area contributed by atoms with Crippen molar-refractivity contribution in [3.63, 3.8) is 0 Å². The smallest absolute Gasteiger partial charge is 0.295 e. The molecule has 4 aromatic rings. The Bertz CT molecular complexity index is 1980. The second-order valence-corrected chi connectivity index (χ2v) is 18.0. The van der Waals surface area contributed by atoms with E-state index in [2.05, 4.69) is 28.1 Å². The van der Waals surface area contributed by atoms with Gasteiger partial charge < -0.3 is 14.1 Å². The van der Waals surface area contributed by atoms with Crippen LogP contribution in [0.3, 0.4) is 0 Å². The van der Waals surface area contributed by atoms with Gasteiger partial charge in [0, 0.05) is 32.3 Å². The Balaban J connectivity index is 0.000000288. The predicted molar refractivity (Wildman–Crippen MR) is 193 cm³/mol. The minimum absolute atomic E-state index is 0.000671. The number of aromatic hydroxyl groups is 1. The fourth-order valence-electron chi connectivity index (χ4n) is 6.29. The molecule has 0 unspecified atom stereocenters. The Labute approximate surface area is 291 Å². The summed E-state index contributed by atoms with van der Waals surface area (Å²) in [5.41, 5.74) is 0. The van der Waals surface area contributed by atoms with Gasteiger partial charge in [-0.05, 0) is 31.0 Å². The maximum Gasteiger partial charge on any atom is 0.295 e. The number of unbranched alkanes of at least 4 members (excludes halogenated alkanes) is 13. The molecule has 4 aromatic carbocycles. The van der Waals surface area contributed by atoms with Crippen LogP contribution in [-0.2, 0) is 30.4 Å². The molecule has 0 atom stereocenters. The molecular weight excluding hydrogens is 691 g/mol. The average Bonchev–Trinajstić information content (AvgIpc) is 2.98. The lowest BCUT2D eigenvalue weighted by atomic mass is 9.94. The fraction of sp³-hybridized carbons (Fsp3) is 0.543. The Kier molecular flexibility index (Phi) is 14.2. The highest BCUT2D eigenvalue weighted by molar-refractivity contribution is 7.87. The minimum Gasteiger partial charge on any atom is -0.744 e. The molecule has 0 amide bonds. The number of nitrogens with zero attached hydrogens (tertiary/aromatic N) is 1. The molecule has 0 saturated heterocycles. The molecule has 0 aliphatic carbocycles. The number of quaternary nitrogens is 1. The lowest BCUT2D eigenvalue weighted by Gasteiger charge is -2.23. The Hall–Kier alpha value is -2.59. The van der Waals surface area contributed by atoms with Crippen LogP contribution in [0.4, 0.5) is 0 Å². The van der Waals surface area contributed by atoms with Gasteiger partial charge in [0.1, 0.15) is 25.7 Å². The first-order chi connectivity index (χ1) is 22.8. The van der Waals surface area contributed by atoms with Gasteiger partial charge in [-0.15, -0.1) is 0 Å². The molecule has 0 aliphatic rings. The summed E-state index contributed by atoms with van der Waals surface area (Å²) >= 11 is 0. The van der Waals surface area contributed by atoms with Gasteiger partial charge in [0.15, 0.2) is 0 Å². The molecule has 14 heteroatoms. The van der Waals surface area contributed by atoms with Crippen molar-refractivity contribution in [3.8, 4) is 5.75 Å². The summed E-state index contributed by atoms with van der Waals surface area (Å²) in [5.74, 6) is -0.619. The number of hydrogen-bond acceptors (Lipinski definition) is 8. The zero-order valence-corrected chi connectivity index (χ0v) is 31.4. The van der Waals surface area contributed by atoms with E-state index in [1.54, 1.807) is 0 Å². The van der Waals surface area contributed by atoms with Gasteiger partial charge in [-0.3, -0.25) is 9.11 Å². The molecule has 11 nitrogen and oxygen atoms in total. The summed E-state index contributed by atoms with van der Waals surface area (Å²) in [4.78, 5) is -2.52. The van der Waals surface area contributed by atoms with Gasteiger partial charge in [0.2, 0.25) is 0 Å². The van der Waals surface area contributed by atoms with Crippen LogP contribution in [0.1, 0.15) is 96.8 Å². The second-order valence-electron chi connectivity index (χ2n) is 13.9. The van der Waals surface area contributed by atoms with Gasteiger partial charge in [0.25, 0.3) is 20.2 Å². The van der Waals surface area contributed by atoms with Crippen LogP contribution in [0.2, 0.25) is 0 Å². The van der Waals surface area contributed by atoms with Crippen LogP contribution in [0.5, 0.6) is 5.75 Å². The molecule has 0 heterocycles. The quantitative estimate of drug-likeness (QED) is 0.0392. The molecule has 0 fully saturated rings. The zero-order valence-electron chi connectivity index (χ0n) is 28.9. The first-order valence-electron chi connectivity index (χ1n) is 17.0. The molecule has 0 aromatic heterocycles. The van der Waals surface area contributed by atoms with Crippen molar-refractivity contribution in [2.75, 3.05) is 27.7 Å². The topological polar surface area (TPSA) is 186 Å². The van der Waals surface area contributed by atoms with Crippen molar-refractivity contribution in [2.45, 2.75) is 112 Å². The first kappa shape index (κ1) is 40.8. The Morgan fingerprint density at radius 2 is 0.898 bits per heavy atom. The molecule has 0 bridgehead atoms. The third-order valence-corrected chi connectivity index (χ3v) is 11.4. The van der Waals surface area contributed by atoms with Crippen LogP contribution in [0.15, 0.2) is 51.1 Å². The van der Waals surface area contributed by atoms with Gasteiger partial charge in [-0.25, -0.2) is 8.42 Å². The third-order valence-electron chi connectivity index (χ3n) is 8.77. The van der Waals surface area contributed by atoms with E-state index in [4.69, 9.17) is 0 Å². The van der Waals surface area contributed by atoms with Crippen LogP contribution < -0.4 is 0 Å². The molecule has 0 saturated carbocycles. The van der Waals surface area contributed by atoms with E-state index in [0.29, 0.717) is 6.07 Å². The number of hydrogen-bond donors (Lipinski definition) is 3. The lowest BCUT2D eigenvalue weighted by Crippen LogP contribution is -2.35. The minimum atomic E-state index is -5.07. The third kappa shape index (κ3) is 11.5. The van der Waals surface area contributed by atoms with Crippen LogP contribution in [0.25, 0.3) is 32.3 Å². The molecular formula is C35H51NO10S3. The van der Waals surface area contributed by atoms with Crippen molar-refractivity contribution in [2.24, 2.45) is 0 Å². The van der Waals surface area contributed by atoms with Gasteiger partial charge in [-0.1, -0.05) is 102 Å². The lowest BCUT2D eigenvalue weighted by molar-refractivity contribution is -0.870. The van der Waals surface area contributed by atoms with E-state index in [9.17, 15) is 44.0 Å². The number of phenols is 1. The van der Waals surface area contributed by atoms with E-state index < -0.39 is 50.8 Å². The van der Waals surface area contributed by atoms with Crippen molar-refractivity contribution in [1.29, 1.82) is 0 Å². The second kappa shape index (κ2) is 17.1. The monoisotopic (exact) mass is 741 g/mol.